The first-order chi connectivity index (χ1) is 5.43. The summed E-state index contributed by atoms with van der Waals surface area (Å²) in [5.74, 6) is 0. The van der Waals surface area contributed by atoms with Gasteiger partial charge in [0.1, 0.15) is 0 Å². The van der Waals surface area contributed by atoms with Crippen LogP contribution in [0.1, 0.15) is 26.2 Å². The minimum Gasteiger partial charge on any atom is -0.311 e. The van der Waals surface area contributed by atoms with E-state index in [1.807, 2.05) is 6.92 Å². The van der Waals surface area contributed by atoms with Crippen LogP contribution in [0.4, 0.5) is 0 Å². The van der Waals surface area contributed by atoms with Gasteiger partial charge in [-0.2, -0.15) is 0 Å². The van der Waals surface area contributed by atoms with Crippen LogP contribution in [0.2, 0.25) is 0 Å². The molecule has 62 valence electrons. The SMILES string of the molecule is C/C=C/C=C/C1CCCCN1. The Morgan fingerprint density at radius 3 is 2.82 bits per heavy atom. The third-order valence-corrected chi connectivity index (χ3v) is 2.00. The van der Waals surface area contributed by atoms with Crippen molar-refractivity contribution in [3.05, 3.63) is 24.3 Å². The van der Waals surface area contributed by atoms with E-state index in [4.69, 9.17) is 0 Å². The van der Waals surface area contributed by atoms with Gasteiger partial charge < -0.3 is 5.32 Å². The molecule has 1 saturated heterocycles. The van der Waals surface area contributed by atoms with Gasteiger partial charge in [0, 0.05) is 6.04 Å². The van der Waals surface area contributed by atoms with Gasteiger partial charge in [-0.1, -0.05) is 30.7 Å². The smallest absolute Gasteiger partial charge is 0.0253 e. The van der Waals surface area contributed by atoms with Crippen LogP contribution in [-0.2, 0) is 0 Å². The van der Waals surface area contributed by atoms with Gasteiger partial charge in [-0.05, 0) is 26.3 Å². The zero-order valence-corrected chi connectivity index (χ0v) is 7.22. The van der Waals surface area contributed by atoms with Crippen LogP contribution in [0.5, 0.6) is 0 Å². The van der Waals surface area contributed by atoms with Crippen molar-refractivity contribution in [3.63, 3.8) is 0 Å². The van der Waals surface area contributed by atoms with Crippen molar-refractivity contribution in [1.29, 1.82) is 0 Å². The lowest BCUT2D eigenvalue weighted by molar-refractivity contribution is 0.454. The Kier molecular flexibility index (Phi) is 3.99. The fourth-order valence-corrected chi connectivity index (χ4v) is 1.35. The molecule has 0 aromatic heterocycles. The Labute approximate surface area is 69.2 Å². The van der Waals surface area contributed by atoms with Gasteiger partial charge in [0.15, 0.2) is 0 Å². The van der Waals surface area contributed by atoms with E-state index < -0.39 is 0 Å². The molecule has 1 nitrogen and oxygen atoms in total. The minimum absolute atomic E-state index is 0.625. The van der Waals surface area contributed by atoms with Gasteiger partial charge in [-0.15, -0.1) is 0 Å². The van der Waals surface area contributed by atoms with Crippen molar-refractivity contribution >= 4 is 0 Å². The van der Waals surface area contributed by atoms with Crippen LogP contribution < -0.4 is 5.32 Å². The Morgan fingerprint density at radius 1 is 1.27 bits per heavy atom. The van der Waals surface area contributed by atoms with Crippen LogP contribution in [0.15, 0.2) is 24.3 Å². The monoisotopic (exact) mass is 151 g/mol. The van der Waals surface area contributed by atoms with E-state index in [1.54, 1.807) is 0 Å². The Morgan fingerprint density at radius 2 is 2.18 bits per heavy atom. The highest BCUT2D eigenvalue weighted by atomic mass is 14.9. The van der Waals surface area contributed by atoms with Crippen LogP contribution in [0, 0.1) is 0 Å². The highest BCUT2D eigenvalue weighted by molar-refractivity contribution is 5.05. The van der Waals surface area contributed by atoms with Crippen LogP contribution in [0.25, 0.3) is 0 Å². The van der Waals surface area contributed by atoms with Crippen LogP contribution in [-0.4, -0.2) is 12.6 Å². The summed E-state index contributed by atoms with van der Waals surface area (Å²) in [4.78, 5) is 0. The van der Waals surface area contributed by atoms with Crippen LogP contribution in [0.3, 0.4) is 0 Å². The first-order valence-electron chi connectivity index (χ1n) is 4.46. The summed E-state index contributed by atoms with van der Waals surface area (Å²) in [5, 5.41) is 3.46. The molecule has 0 radical (unpaired) electrons. The molecular formula is C10H17N. The molecule has 11 heavy (non-hydrogen) atoms. The van der Waals surface area contributed by atoms with E-state index in [1.165, 1.54) is 25.8 Å². The number of piperidine rings is 1. The molecule has 0 amide bonds. The van der Waals surface area contributed by atoms with Crippen molar-refractivity contribution in [2.24, 2.45) is 0 Å². The summed E-state index contributed by atoms with van der Waals surface area (Å²) < 4.78 is 0. The first-order valence-corrected chi connectivity index (χ1v) is 4.46. The lowest BCUT2D eigenvalue weighted by Crippen LogP contribution is -2.31. The summed E-state index contributed by atoms with van der Waals surface area (Å²) in [5.41, 5.74) is 0. The standard InChI is InChI=1S/C10H17N/c1-2-3-4-7-10-8-5-6-9-11-10/h2-4,7,10-11H,5-6,8-9H2,1H3/b3-2+,7-4+. The van der Waals surface area contributed by atoms with Crippen LogP contribution >= 0.6 is 0 Å². The van der Waals surface area contributed by atoms with Crippen molar-refractivity contribution < 1.29 is 0 Å². The van der Waals surface area contributed by atoms with Gasteiger partial charge in [0.05, 0.1) is 0 Å². The molecule has 0 saturated carbocycles. The fraction of sp³-hybridized carbons (Fsp3) is 0.600. The second-order valence-corrected chi connectivity index (χ2v) is 2.97. The lowest BCUT2D eigenvalue weighted by Gasteiger charge is -2.19. The van der Waals surface area contributed by atoms with E-state index in [0.717, 1.165) is 0 Å². The fourth-order valence-electron chi connectivity index (χ4n) is 1.35. The second-order valence-electron chi connectivity index (χ2n) is 2.97. The van der Waals surface area contributed by atoms with E-state index in [2.05, 4.69) is 29.6 Å². The molecule has 0 spiro atoms. The summed E-state index contributed by atoms with van der Waals surface area (Å²) in [6.45, 7) is 3.23. The predicted octanol–water partition coefficient (Wildman–Crippen LogP) is 2.26. The molecule has 1 rings (SSSR count). The molecule has 1 heterocycles. The van der Waals surface area contributed by atoms with Gasteiger partial charge in [0.2, 0.25) is 0 Å². The van der Waals surface area contributed by atoms with E-state index in [0.29, 0.717) is 6.04 Å². The zero-order chi connectivity index (χ0) is 7.94. The largest absolute Gasteiger partial charge is 0.311 e. The molecule has 1 atom stereocenters. The molecule has 1 heteroatoms. The number of rotatable bonds is 2. The maximum Gasteiger partial charge on any atom is 0.0253 e. The number of allylic oxidation sites excluding steroid dienone is 3. The second kappa shape index (κ2) is 5.14. The Bertz CT molecular complexity index is 141. The number of hydrogen-bond donors (Lipinski definition) is 1. The Hall–Kier alpha value is -0.560. The van der Waals surface area contributed by atoms with Gasteiger partial charge in [-0.25, -0.2) is 0 Å². The summed E-state index contributed by atoms with van der Waals surface area (Å²) >= 11 is 0. The highest BCUT2D eigenvalue weighted by Gasteiger charge is 2.07. The molecule has 1 aliphatic heterocycles. The maximum absolute atomic E-state index is 3.46. The molecule has 1 aliphatic rings. The van der Waals surface area contributed by atoms with E-state index in [9.17, 15) is 0 Å². The number of nitrogens with one attached hydrogen (secondary N) is 1. The average molecular weight is 151 g/mol. The average Bonchev–Trinajstić information content (AvgIpc) is 2.07. The Balaban J connectivity index is 2.23. The molecule has 0 aromatic carbocycles. The summed E-state index contributed by atoms with van der Waals surface area (Å²) in [6.07, 6.45) is 12.5. The number of hydrogen-bond acceptors (Lipinski definition) is 1. The third-order valence-electron chi connectivity index (χ3n) is 2.00. The molecule has 1 N–H and O–H groups in total. The van der Waals surface area contributed by atoms with E-state index >= 15 is 0 Å². The van der Waals surface area contributed by atoms with Gasteiger partial charge in [-0.3, -0.25) is 0 Å². The van der Waals surface area contributed by atoms with Crippen molar-refractivity contribution in [2.45, 2.75) is 32.2 Å². The zero-order valence-electron chi connectivity index (χ0n) is 7.22. The van der Waals surface area contributed by atoms with Gasteiger partial charge >= 0.3 is 0 Å². The highest BCUT2D eigenvalue weighted by Crippen LogP contribution is 2.07. The van der Waals surface area contributed by atoms with E-state index in [-0.39, 0.29) is 0 Å². The maximum atomic E-state index is 3.46. The van der Waals surface area contributed by atoms with Crippen molar-refractivity contribution in [3.8, 4) is 0 Å². The minimum atomic E-state index is 0.625. The topological polar surface area (TPSA) is 12.0 Å². The molecule has 0 aromatic rings. The predicted molar refractivity (Wildman–Crippen MR) is 49.6 cm³/mol. The summed E-state index contributed by atoms with van der Waals surface area (Å²) in [7, 11) is 0. The molecule has 1 fully saturated rings. The molecule has 1 unspecified atom stereocenters. The van der Waals surface area contributed by atoms with Crippen molar-refractivity contribution in [1.82, 2.24) is 5.32 Å². The van der Waals surface area contributed by atoms with Crippen molar-refractivity contribution in [2.75, 3.05) is 6.54 Å². The summed E-state index contributed by atoms with van der Waals surface area (Å²) in [6, 6.07) is 0.625. The normalized spacial score (nSPS) is 26.8. The quantitative estimate of drug-likeness (QED) is 0.597. The molecule has 0 bridgehead atoms. The lowest BCUT2D eigenvalue weighted by atomic mass is 10.0. The third kappa shape index (κ3) is 3.38. The molecular weight excluding hydrogens is 134 g/mol. The first kappa shape index (κ1) is 8.54. The molecule has 0 aliphatic carbocycles. The van der Waals surface area contributed by atoms with Gasteiger partial charge in [0.25, 0.3) is 0 Å².